The van der Waals surface area contributed by atoms with Crippen molar-refractivity contribution in [2.24, 2.45) is 0 Å². The SMILES string of the molecule is CC(C)c1ccc(N(c2ccccc2)c2c3ccc(C(C)(C)C)cc3c(N(c3ccc(C(C)C)cc3)c3ccc(C4CCCCC4)cc3)c3ccc(C(C)(C)C)cc23)cc1. The highest BCUT2D eigenvalue weighted by molar-refractivity contribution is 6.23. The van der Waals surface area contributed by atoms with Crippen molar-refractivity contribution in [3.8, 4) is 0 Å². The van der Waals surface area contributed by atoms with E-state index in [1.807, 2.05) is 0 Å². The molecule has 0 spiro atoms. The van der Waals surface area contributed by atoms with Crippen LogP contribution < -0.4 is 9.80 Å². The van der Waals surface area contributed by atoms with Crippen LogP contribution in [0.1, 0.15) is 147 Å². The summed E-state index contributed by atoms with van der Waals surface area (Å²) in [5.74, 6) is 1.55. The quantitative estimate of drug-likeness (QED) is 0.106. The van der Waals surface area contributed by atoms with Gasteiger partial charge in [-0.15, -0.1) is 0 Å². The third kappa shape index (κ3) is 8.23. The highest BCUT2D eigenvalue weighted by Crippen LogP contribution is 2.52. The van der Waals surface area contributed by atoms with Crippen LogP contribution >= 0.6 is 0 Å². The standard InChI is InChI=1S/C58H66N2/c1-39(2)41-21-29-48(30-22-41)59(47-19-15-12-16-20-47)55-51-35-27-46(58(8,9)10)38-54(51)56(52-36-28-45(37-53(52)55)57(5,6)7)60(49-31-23-42(24-32-49)40(3)4)50-33-25-44(26-34-50)43-17-13-11-14-18-43/h12,15-16,19-40,43H,11,13-14,17-18H2,1-10H3. The Morgan fingerprint density at radius 1 is 0.417 bits per heavy atom. The molecule has 1 aliphatic carbocycles. The second-order valence-electron chi connectivity index (χ2n) is 20.1. The van der Waals surface area contributed by atoms with Gasteiger partial charge in [0.2, 0.25) is 0 Å². The number of benzene rings is 7. The van der Waals surface area contributed by atoms with Crippen LogP contribution in [0.25, 0.3) is 21.5 Å². The summed E-state index contributed by atoms with van der Waals surface area (Å²) in [5.41, 5.74) is 13.8. The largest absolute Gasteiger partial charge is 0.309 e. The topological polar surface area (TPSA) is 6.48 Å². The first-order valence-electron chi connectivity index (χ1n) is 22.7. The van der Waals surface area contributed by atoms with E-state index in [1.165, 1.54) is 104 Å². The van der Waals surface area contributed by atoms with Gasteiger partial charge in [0.25, 0.3) is 0 Å². The smallest absolute Gasteiger partial charge is 0.0620 e. The molecule has 0 N–H and O–H groups in total. The molecule has 60 heavy (non-hydrogen) atoms. The van der Waals surface area contributed by atoms with E-state index in [9.17, 15) is 0 Å². The van der Waals surface area contributed by atoms with Crippen LogP contribution in [0, 0.1) is 0 Å². The van der Waals surface area contributed by atoms with E-state index >= 15 is 0 Å². The van der Waals surface area contributed by atoms with Crippen LogP contribution in [0.2, 0.25) is 0 Å². The Balaban J connectivity index is 1.50. The molecule has 0 aliphatic heterocycles. The summed E-state index contributed by atoms with van der Waals surface area (Å²) < 4.78 is 0. The average molecular weight is 791 g/mol. The molecule has 1 fully saturated rings. The molecule has 2 nitrogen and oxygen atoms in total. The zero-order valence-electron chi connectivity index (χ0n) is 37.9. The lowest BCUT2D eigenvalue weighted by atomic mass is 9.82. The Morgan fingerprint density at radius 2 is 0.800 bits per heavy atom. The monoisotopic (exact) mass is 791 g/mol. The van der Waals surface area contributed by atoms with Crippen molar-refractivity contribution >= 4 is 55.7 Å². The molecule has 0 amide bonds. The Bertz CT molecular complexity index is 2560. The Kier molecular flexibility index (Phi) is 11.5. The lowest BCUT2D eigenvalue weighted by Crippen LogP contribution is -2.17. The molecule has 7 aromatic carbocycles. The molecular weight excluding hydrogens is 725 g/mol. The van der Waals surface area contributed by atoms with Gasteiger partial charge in [0.15, 0.2) is 0 Å². The molecule has 308 valence electrons. The van der Waals surface area contributed by atoms with E-state index in [0.717, 1.165) is 11.4 Å². The normalized spacial score (nSPS) is 14.1. The van der Waals surface area contributed by atoms with Crippen molar-refractivity contribution in [3.63, 3.8) is 0 Å². The summed E-state index contributed by atoms with van der Waals surface area (Å²) >= 11 is 0. The van der Waals surface area contributed by atoms with Crippen molar-refractivity contribution in [1.29, 1.82) is 0 Å². The van der Waals surface area contributed by atoms with Crippen molar-refractivity contribution < 1.29 is 0 Å². The summed E-state index contributed by atoms with van der Waals surface area (Å²) in [7, 11) is 0. The predicted molar refractivity (Wildman–Crippen MR) is 262 cm³/mol. The van der Waals surface area contributed by atoms with Gasteiger partial charge in [-0.05, 0) is 130 Å². The zero-order valence-corrected chi connectivity index (χ0v) is 37.9. The van der Waals surface area contributed by atoms with E-state index in [4.69, 9.17) is 0 Å². The summed E-state index contributed by atoms with van der Waals surface area (Å²) in [6.45, 7) is 23.1. The highest BCUT2D eigenvalue weighted by Gasteiger charge is 2.29. The van der Waals surface area contributed by atoms with Crippen LogP contribution in [0.15, 0.2) is 140 Å². The van der Waals surface area contributed by atoms with Gasteiger partial charge in [0.1, 0.15) is 0 Å². The molecule has 1 saturated carbocycles. The first kappa shape index (κ1) is 41.4. The third-order valence-electron chi connectivity index (χ3n) is 13.1. The lowest BCUT2D eigenvalue weighted by Gasteiger charge is -2.34. The fourth-order valence-corrected chi connectivity index (χ4v) is 9.34. The summed E-state index contributed by atoms with van der Waals surface area (Å²) in [5, 5.41) is 4.96. The molecule has 7 aromatic rings. The van der Waals surface area contributed by atoms with Crippen LogP contribution in [0.4, 0.5) is 34.1 Å². The molecule has 0 bridgehead atoms. The van der Waals surface area contributed by atoms with Crippen LogP contribution in [0.5, 0.6) is 0 Å². The van der Waals surface area contributed by atoms with Crippen LogP contribution in [0.3, 0.4) is 0 Å². The number of rotatable bonds is 9. The van der Waals surface area contributed by atoms with Gasteiger partial charge in [-0.3, -0.25) is 0 Å². The molecule has 2 heteroatoms. The van der Waals surface area contributed by atoms with Gasteiger partial charge in [-0.25, -0.2) is 0 Å². The van der Waals surface area contributed by atoms with Crippen LogP contribution in [-0.2, 0) is 10.8 Å². The van der Waals surface area contributed by atoms with Crippen molar-refractivity contribution in [1.82, 2.24) is 0 Å². The molecule has 0 aromatic heterocycles. The van der Waals surface area contributed by atoms with Crippen molar-refractivity contribution in [2.75, 3.05) is 9.80 Å². The number of hydrogen-bond donors (Lipinski definition) is 0. The molecule has 0 heterocycles. The number of hydrogen-bond acceptors (Lipinski definition) is 2. The minimum absolute atomic E-state index is 0.0471. The molecule has 0 atom stereocenters. The predicted octanol–water partition coefficient (Wildman–Crippen LogP) is 17.8. The Morgan fingerprint density at radius 3 is 1.18 bits per heavy atom. The van der Waals surface area contributed by atoms with E-state index < -0.39 is 0 Å². The highest BCUT2D eigenvalue weighted by atomic mass is 15.2. The number of anilines is 6. The Labute approximate surface area is 361 Å². The van der Waals surface area contributed by atoms with Crippen LogP contribution in [-0.4, -0.2) is 0 Å². The summed E-state index contributed by atoms with van der Waals surface area (Å²) in [6.07, 6.45) is 6.61. The van der Waals surface area contributed by atoms with E-state index in [1.54, 1.807) is 0 Å². The fraction of sp³-hybridized carbons (Fsp3) is 0.345. The number of fused-ring (bicyclic) bond motifs is 2. The van der Waals surface area contributed by atoms with Gasteiger partial charge >= 0.3 is 0 Å². The lowest BCUT2D eigenvalue weighted by molar-refractivity contribution is 0.443. The van der Waals surface area contributed by atoms with E-state index in [-0.39, 0.29) is 10.8 Å². The zero-order chi connectivity index (χ0) is 42.3. The van der Waals surface area contributed by atoms with Gasteiger partial charge in [-0.2, -0.15) is 0 Å². The third-order valence-corrected chi connectivity index (χ3v) is 13.1. The number of para-hydroxylation sites is 1. The Hall–Kier alpha value is -5.34. The number of nitrogens with zero attached hydrogens (tertiary/aromatic N) is 2. The second-order valence-corrected chi connectivity index (χ2v) is 20.1. The van der Waals surface area contributed by atoms with Gasteiger partial charge in [0, 0.05) is 44.3 Å². The van der Waals surface area contributed by atoms with Gasteiger partial charge in [-0.1, -0.05) is 167 Å². The summed E-state index contributed by atoms with van der Waals surface area (Å²) in [4.78, 5) is 5.08. The molecular formula is C58H66N2. The first-order chi connectivity index (χ1) is 28.7. The van der Waals surface area contributed by atoms with Gasteiger partial charge < -0.3 is 9.80 Å². The van der Waals surface area contributed by atoms with Crippen molar-refractivity contribution in [2.45, 2.75) is 130 Å². The maximum absolute atomic E-state index is 2.57. The second kappa shape index (κ2) is 16.6. The summed E-state index contributed by atoms with van der Waals surface area (Å²) in [6, 6.07) is 53.8. The molecule has 1 aliphatic rings. The maximum Gasteiger partial charge on any atom is 0.0620 e. The fourth-order valence-electron chi connectivity index (χ4n) is 9.34. The molecule has 0 unspecified atom stereocenters. The molecule has 0 radical (unpaired) electrons. The maximum atomic E-state index is 2.57. The molecule has 0 saturated heterocycles. The van der Waals surface area contributed by atoms with E-state index in [0.29, 0.717) is 17.8 Å². The minimum Gasteiger partial charge on any atom is -0.309 e. The minimum atomic E-state index is -0.0478. The first-order valence-corrected chi connectivity index (χ1v) is 22.7. The molecule has 8 rings (SSSR count). The average Bonchev–Trinajstić information content (AvgIpc) is 3.24. The van der Waals surface area contributed by atoms with Gasteiger partial charge in [0.05, 0.1) is 11.4 Å². The van der Waals surface area contributed by atoms with E-state index in [2.05, 4.69) is 219 Å². The van der Waals surface area contributed by atoms with Crippen molar-refractivity contribution in [3.05, 3.63) is 167 Å².